The minimum absolute atomic E-state index is 0.0210. The molecular formula is C22H24N4O3S. The summed E-state index contributed by atoms with van der Waals surface area (Å²) in [5.74, 6) is 0.354. The highest BCUT2D eigenvalue weighted by Crippen LogP contribution is 2.26. The Labute approximate surface area is 179 Å². The lowest BCUT2D eigenvalue weighted by Crippen LogP contribution is -2.32. The number of nitrogens with zero attached hydrogens (tertiary/aromatic N) is 3. The van der Waals surface area contributed by atoms with Crippen LogP contribution in [-0.2, 0) is 16.0 Å². The van der Waals surface area contributed by atoms with Crippen molar-refractivity contribution in [3.05, 3.63) is 71.0 Å². The van der Waals surface area contributed by atoms with Gasteiger partial charge < -0.3 is 4.74 Å². The smallest absolute Gasteiger partial charge is 0.413 e. The van der Waals surface area contributed by atoms with Gasteiger partial charge in [0.2, 0.25) is 5.91 Å². The van der Waals surface area contributed by atoms with Crippen LogP contribution in [0.3, 0.4) is 0 Å². The first-order valence-corrected chi connectivity index (χ1v) is 10.6. The largest absolute Gasteiger partial charge is 0.450 e. The van der Waals surface area contributed by atoms with Gasteiger partial charge >= 0.3 is 6.09 Å². The van der Waals surface area contributed by atoms with Gasteiger partial charge in [-0.1, -0.05) is 59.8 Å². The molecule has 7 nitrogen and oxygen atoms in total. The van der Waals surface area contributed by atoms with Crippen LogP contribution >= 0.6 is 11.8 Å². The quantitative estimate of drug-likeness (QED) is 0.580. The van der Waals surface area contributed by atoms with Gasteiger partial charge in [0.1, 0.15) is 5.82 Å². The molecule has 1 heterocycles. The average Bonchev–Trinajstić information content (AvgIpc) is 3.09. The third-order valence-electron chi connectivity index (χ3n) is 4.35. The van der Waals surface area contributed by atoms with Crippen molar-refractivity contribution >= 4 is 23.8 Å². The fourth-order valence-electron chi connectivity index (χ4n) is 3.03. The molecule has 0 unspecified atom stereocenters. The van der Waals surface area contributed by atoms with Crippen LogP contribution in [0.2, 0.25) is 0 Å². The summed E-state index contributed by atoms with van der Waals surface area (Å²) in [5.41, 5.74) is 4.33. The Bertz CT molecular complexity index is 1030. The minimum atomic E-state index is -0.747. The number of aromatic nitrogens is 3. The molecule has 8 heteroatoms. The van der Waals surface area contributed by atoms with Crippen LogP contribution in [-0.4, -0.2) is 39.1 Å². The maximum absolute atomic E-state index is 12.1. The Morgan fingerprint density at radius 3 is 2.57 bits per heavy atom. The lowest BCUT2D eigenvalue weighted by atomic mass is 10.1. The van der Waals surface area contributed by atoms with Crippen LogP contribution in [0.25, 0.3) is 5.69 Å². The Morgan fingerprint density at radius 2 is 1.87 bits per heavy atom. The van der Waals surface area contributed by atoms with Gasteiger partial charge in [-0.05, 0) is 38.0 Å². The second kappa shape index (κ2) is 10.1. The van der Waals surface area contributed by atoms with E-state index in [2.05, 4.69) is 21.6 Å². The first-order valence-electron chi connectivity index (χ1n) is 9.63. The van der Waals surface area contributed by atoms with Crippen molar-refractivity contribution in [2.24, 2.45) is 0 Å². The van der Waals surface area contributed by atoms with Crippen LogP contribution in [0.15, 0.2) is 53.7 Å². The van der Waals surface area contributed by atoms with Crippen molar-refractivity contribution in [2.75, 3.05) is 12.4 Å². The summed E-state index contributed by atoms with van der Waals surface area (Å²) < 4.78 is 6.72. The number of carbonyl (C=O) groups is 2. The van der Waals surface area contributed by atoms with Crippen LogP contribution < -0.4 is 5.32 Å². The van der Waals surface area contributed by atoms with Gasteiger partial charge in [0.05, 0.1) is 18.0 Å². The molecule has 0 aliphatic carbocycles. The van der Waals surface area contributed by atoms with Gasteiger partial charge in [0.15, 0.2) is 5.16 Å². The van der Waals surface area contributed by atoms with Crippen LogP contribution in [0.4, 0.5) is 4.79 Å². The van der Waals surface area contributed by atoms with E-state index >= 15 is 0 Å². The molecule has 2 aromatic carbocycles. The predicted molar refractivity (Wildman–Crippen MR) is 116 cm³/mol. The van der Waals surface area contributed by atoms with Crippen molar-refractivity contribution < 1.29 is 14.3 Å². The second-order valence-electron chi connectivity index (χ2n) is 6.74. The summed E-state index contributed by atoms with van der Waals surface area (Å²) in [5, 5.41) is 11.5. The number of hydrogen-bond acceptors (Lipinski definition) is 6. The van der Waals surface area contributed by atoms with Crippen LogP contribution in [0.1, 0.15) is 29.4 Å². The third kappa shape index (κ3) is 5.48. The van der Waals surface area contributed by atoms with E-state index < -0.39 is 12.0 Å². The zero-order valence-corrected chi connectivity index (χ0v) is 18.0. The number of amides is 2. The number of rotatable bonds is 7. The second-order valence-corrected chi connectivity index (χ2v) is 7.69. The minimum Gasteiger partial charge on any atom is -0.450 e. The summed E-state index contributed by atoms with van der Waals surface area (Å²) in [7, 11) is 0. The van der Waals surface area contributed by atoms with Crippen molar-refractivity contribution in [1.29, 1.82) is 0 Å². The highest BCUT2D eigenvalue weighted by molar-refractivity contribution is 7.99. The van der Waals surface area contributed by atoms with E-state index in [9.17, 15) is 9.59 Å². The standard InChI is InChI=1S/C22H24N4O3S/c1-4-29-22(28)23-20(27)14-30-21-25-24-19(13-17-8-6-5-7-9-17)26(21)18-11-10-15(2)12-16(18)3/h5-12H,4,13-14H2,1-3H3,(H,23,27,28). The molecule has 156 valence electrons. The molecule has 2 amide bonds. The highest BCUT2D eigenvalue weighted by Gasteiger charge is 2.18. The molecule has 0 radical (unpaired) electrons. The fourth-order valence-corrected chi connectivity index (χ4v) is 3.80. The van der Waals surface area contributed by atoms with E-state index in [4.69, 9.17) is 4.74 Å². The van der Waals surface area contributed by atoms with Crippen LogP contribution in [0, 0.1) is 13.8 Å². The summed E-state index contributed by atoms with van der Waals surface area (Å²) in [4.78, 5) is 23.5. The number of ether oxygens (including phenoxy) is 1. The van der Waals surface area contributed by atoms with Gasteiger partial charge in [0, 0.05) is 6.42 Å². The molecule has 0 atom stereocenters. The number of imide groups is 1. The van der Waals surface area contributed by atoms with Crippen molar-refractivity contribution in [3.63, 3.8) is 0 Å². The molecule has 3 aromatic rings. The molecular weight excluding hydrogens is 400 g/mol. The molecule has 0 fully saturated rings. The number of carbonyl (C=O) groups excluding carboxylic acids is 2. The Morgan fingerprint density at radius 1 is 1.10 bits per heavy atom. The fraction of sp³-hybridized carbons (Fsp3) is 0.273. The molecule has 0 aliphatic heterocycles. The van der Waals surface area contributed by atoms with E-state index in [1.165, 1.54) is 11.8 Å². The van der Waals surface area contributed by atoms with E-state index in [0.717, 1.165) is 28.2 Å². The SMILES string of the molecule is CCOC(=O)NC(=O)CSc1nnc(Cc2ccccc2)n1-c1ccc(C)cc1C. The highest BCUT2D eigenvalue weighted by atomic mass is 32.2. The lowest BCUT2D eigenvalue weighted by Gasteiger charge is -2.13. The number of hydrogen-bond donors (Lipinski definition) is 1. The van der Waals surface area contributed by atoms with Gasteiger partial charge in [-0.25, -0.2) is 4.79 Å². The van der Waals surface area contributed by atoms with E-state index in [1.807, 2.05) is 60.9 Å². The van der Waals surface area contributed by atoms with Gasteiger partial charge in [0.25, 0.3) is 0 Å². The van der Waals surface area contributed by atoms with E-state index in [-0.39, 0.29) is 12.4 Å². The average molecular weight is 425 g/mol. The Hall–Kier alpha value is -3.13. The summed E-state index contributed by atoms with van der Waals surface area (Å²) in [6.07, 6.45) is -0.139. The number of benzene rings is 2. The molecule has 0 saturated heterocycles. The van der Waals surface area contributed by atoms with Gasteiger partial charge in [-0.3, -0.25) is 14.7 Å². The lowest BCUT2D eigenvalue weighted by molar-refractivity contribution is -0.117. The van der Waals surface area contributed by atoms with E-state index in [0.29, 0.717) is 11.6 Å². The normalized spacial score (nSPS) is 10.6. The Kier molecular flexibility index (Phi) is 7.24. The summed E-state index contributed by atoms with van der Waals surface area (Å²) in [6, 6.07) is 16.2. The number of thioether (sulfide) groups is 1. The summed E-state index contributed by atoms with van der Waals surface area (Å²) >= 11 is 1.22. The molecule has 0 aliphatic rings. The van der Waals surface area contributed by atoms with Crippen molar-refractivity contribution in [2.45, 2.75) is 32.3 Å². The predicted octanol–water partition coefficient (Wildman–Crippen LogP) is 3.84. The maximum Gasteiger partial charge on any atom is 0.413 e. The Balaban J connectivity index is 1.87. The number of aryl methyl sites for hydroxylation is 2. The molecule has 3 rings (SSSR count). The van der Waals surface area contributed by atoms with Gasteiger partial charge in [-0.15, -0.1) is 10.2 Å². The zero-order chi connectivity index (χ0) is 21.5. The van der Waals surface area contributed by atoms with Gasteiger partial charge in [-0.2, -0.15) is 0 Å². The zero-order valence-electron chi connectivity index (χ0n) is 17.2. The molecule has 0 spiro atoms. The molecule has 30 heavy (non-hydrogen) atoms. The van der Waals surface area contributed by atoms with Crippen molar-refractivity contribution in [1.82, 2.24) is 20.1 Å². The summed E-state index contributed by atoms with van der Waals surface area (Å²) in [6.45, 7) is 5.97. The maximum atomic E-state index is 12.1. The third-order valence-corrected chi connectivity index (χ3v) is 5.28. The molecule has 0 saturated carbocycles. The molecule has 1 aromatic heterocycles. The molecule has 0 bridgehead atoms. The van der Waals surface area contributed by atoms with Crippen LogP contribution in [0.5, 0.6) is 0 Å². The van der Waals surface area contributed by atoms with E-state index in [1.54, 1.807) is 6.92 Å². The van der Waals surface area contributed by atoms with Crippen molar-refractivity contribution in [3.8, 4) is 5.69 Å². The first kappa shape index (κ1) is 21.6. The first-order chi connectivity index (χ1) is 14.5. The number of nitrogens with one attached hydrogen (secondary N) is 1. The monoisotopic (exact) mass is 424 g/mol. The molecule has 1 N–H and O–H groups in total. The number of alkyl carbamates (subject to hydrolysis) is 1. The topological polar surface area (TPSA) is 86.1 Å².